The Morgan fingerprint density at radius 3 is 2.55 bits per heavy atom. The highest BCUT2D eigenvalue weighted by Gasteiger charge is 2.33. The van der Waals surface area contributed by atoms with E-state index < -0.39 is 23.7 Å². The van der Waals surface area contributed by atoms with Gasteiger partial charge in [0.25, 0.3) is 5.91 Å². The Balaban J connectivity index is 1.72. The van der Waals surface area contributed by atoms with Crippen molar-refractivity contribution in [2.45, 2.75) is 18.6 Å². The van der Waals surface area contributed by atoms with Crippen LogP contribution in [-0.4, -0.2) is 33.3 Å². The molecule has 0 saturated heterocycles. The van der Waals surface area contributed by atoms with Crippen molar-refractivity contribution in [1.29, 1.82) is 0 Å². The van der Waals surface area contributed by atoms with E-state index in [-0.39, 0.29) is 24.2 Å². The predicted molar refractivity (Wildman–Crippen MR) is 102 cm³/mol. The number of aryl methyl sites for hydroxylation is 1. The van der Waals surface area contributed by atoms with Gasteiger partial charge in [-0.15, -0.1) is 0 Å². The quantitative estimate of drug-likeness (QED) is 0.663. The molecule has 3 N–H and O–H groups in total. The Labute approximate surface area is 165 Å². The minimum atomic E-state index is -4.47. The molecule has 0 fully saturated rings. The number of benzene rings is 1. The van der Waals surface area contributed by atoms with Crippen LogP contribution in [0.3, 0.4) is 0 Å². The lowest BCUT2D eigenvalue weighted by Crippen LogP contribution is -2.42. The molecule has 6 nitrogen and oxygen atoms in total. The molecular weight excluding hydrogens is 383 g/mol. The van der Waals surface area contributed by atoms with Crippen molar-refractivity contribution in [1.82, 2.24) is 20.1 Å². The van der Waals surface area contributed by atoms with E-state index in [1.165, 1.54) is 18.2 Å². The van der Waals surface area contributed by atoms with Gasteiger partial charge in [0, 0.05) is 37.6 Å². The monoisotopic (exact) mass is 403 g/mol. The largest absolute Gasteiger partial charge is 0.416 e. The number of nitrogens with two attached hydrogens (primary N) is 1. The molecule has 1 amide bonds. The maximum Gasteiger partial charge on any atom is 0.416 e. The molecule has 1 aromatic carbocycles. The highest BCUT2D eigenvalue weighted by atomic mass is 19.4. The molecule has 1 unspecified atom stereocenters. The van der Waals surface area contributed by atoms with Crippen LogP contribution in [0.25, 0.3) is 11.3 Å². The van der Waals surface area contributed by atoms with Gasteiger partial charge in [0.2, 0.25) is 0 Å². The molecule has 2 heterocycles. The number of rotatable bonds is 6. The van der Waals surface area contributed by atoms with Crippen LogP contribution in [0.1, 0.15) is 21.6 Å². The summed E-state index contributed by atoms with van der Waals surface area (Å²) >= 11 is 0. The predicted octanol–water partition coefficient (Wildman–Crippen LogP) is 2.80. The van der Waals surface area contributed by atoms with E-state index in [2.05, 4.69) is 15.4 Å². The third-order valence-electron chi connectivity index (χ3n) is 4.52. The van der Waals surface area contributed by atoms with Crippen LogP contribution in [0.2, 0.25) is 0 Å². The zero-order valence-corrected chi connectivity index (χ0v) is 15.6. The average molecular weight is 403 g/mol. The number of nitrogens with one attached hydrogen (secondary N) is 1. The van der Waals surface area contributed by atoms with Gasteiger partial charge >= 0.3 is 6.18 Å². The third kappa shape index (κ3) is 4.80. The average Bonchev–Trinajstić information content (AvgIpc) is 3.13. The number of alkyl halides is 3. The molecular formula is C20H20F3N5O. The molecule has 0 aliphatic carbocycles. The molecule has 0 spiro atoms. The van der Waals surface area contributed by atoms with Crippen molar-refractivity contribution in [3.63, 3.8) is 0 Å². The highest BCUT2D eigenvalue weighted by Crippen LogP contribution is 2.32. The van der Waals surface area contributed by atoms with E-state index in [9.17, 15) is 18.0 Å². The lowest BCUT2D eigenvalue weighted by atomic mass is 9.99. The lowest BCUT2D eigenvalue weighted by molar-refractivity contribution is -0.138. The zero-order chi connectivity index (χ0) is 21.0. The Kier molecular flexibility index (Phi) is 5.97. The first-order valence-electron chi connectivity index (χ1n) is 8.90. The van der Waals surface area contributed by atoms with Crippen LogP contribution in [-0.2, 0) is 19.6 Å². The summed E-state index contributed by atoms with van der Waals surface area (Å²) in [5.41, 5.74) is 6.81. The fraction of sp³-hybridized carbons (Fsp3) is 0.250. The van der Waals surface area contributed by atoms with E-state index >= 15 is 0 Å². The van der Waals surface area contributed by atoms with Crippen LogP contribution in [0.4, 0.5) is 13.2 Å². The molecule has 2 aromatic heterocycles. The van der Waals surface area contributed by atoms with Gasteiger partial charge in [-0.1, -0.05) is 18.2 Å². The van der Waals surface area contributed by atoms with E-state index in [1.807, 2.05) is 6.07 Å². The number of carbonyl (C=O) groups excluding carboxylic acids is 1. The summed E-state index contributed by atoms with van der Waals surface area (Å²) in [5.74, 6) is -0.499. The second kappa shape index (κ2) is 8.44. The summed E-state index contributed by atoms with van der Waals surface area (Å²) in [7, 11) is 1.79. The Morgan fingerprint density at radius 1 is 1.21 bits per heavy atom. The second-order valence-corrected chi connectivity index (χ2v) is 6.54. The van der Waals surface area contributed by atoms with Crippen LogP contribution in [0.15, 0.2) is 54.9 Å². The van der Waals surface area contributed by atoms with Gasteiger partial charge in [-0.2, -0.15) is 18.3 Å². The zero-order valence-electron chi connectivity index (χ0n) is 15.6. The maximum absolute atomic E-state index is 13.2. The minimum Gasteiger partial charge on any atom is -0.346 e. The van der Waals surface area contributed by atoms with Gasteiger partial charge in [-0.3, -0.25) is 14.5 Å². The van der Waals surface area contributed by atoms with Gasteiger partial charge in [0.1, 0.15) is 5.69 Å². The standard InChI is InChI=1S/C20H20F3N5O/c1-28-18(8-9-26-28)14-6-7-17(25-12-14)19(29)27-15(11-24)10-13-4-2-3-5-16(13)20(21,22)23/h2-9,12,15H,10-11,24H2,1H3,(H,27,29). The van der Waals surface area contributed by atoms with Crippen LogP contribution >= 0.6 is 0 Å². The van der Waals surface area contributed by atoms with Crippen LogP contribution in [0, 0.1) is 0 Å². The molecule has 3 aromatic rings. The molecule has 29 heavy (non-hydrogen) atoms. The van der Waals surface area contributed by atoms with Crippen molar-refractivity contribution in [2.24, 2.45) is 12.8 Å². The summed E-state index contributed by atoms with van der Waals surface area (Å²) in [6.45, 7) is -0.00889. The van der Waals surface area contributed by atoms with Crippen LogP contribution in [0.5, 0.6) is 0 Å². The van der Waals surface area contributed by atoms with Gasteiger partial charge in [0.05, 0.1) is 11.3 Å². The maximum atomic E-state index is 13.2. The van der Waals surface area contributed by atoms with Gasteiger partial charge in [0.15, 0.2) is 0 Å². The summed E-state index contributed by atoms with van der Waals surface area (Å²) in [6.07, 6.45) is -1.31. The van der Waals surface area contributed by atoms with E-state index in [0.717, 1.165) is 17.3 Å². The molecule has 0 aliphatic heterocycles. The first kappa shape index (κ1) is 20.5. The second-order valence-electron chi connectivity index (χ2n) is 6.54. The Bertz CT molecular complexity index is 982. The number of aromatic nitrogens is 3. The lowest BCUT2D eigenvalue weighted by Gasteiger charge is -2.19. The van der Waals surface area contributed by atoms with Crippen molar-refractivity contribution in [3.05, 3.63) is 71.7 Å². The molecule has 0 aliphatic rings. The molecule has 0 radical (unpaired) electrons. The highest BCUT2D eigenvalue weighted by molar-refractivity contribution is 5.92. The number of halogens is 3. The molecule has 0 saturated carbocycles. The number of hydrogen-bond acceptors (Lipinski definition) is 4. The molecule has 1 atom stereocenters. The molecule has 3 rings (SSSR count). The fourth-order valence-electron chi connectivity index (χ4n) is 3.03. The van der Waals surface area contributed by atoms with Gasteiger partial charge < -0.3 is 11.1 Å². The minimum absolute atomic E-state index is 0.00889. The first-order chi connectivity index (χ1) is 13.8. The Hall–Kier alpha value is -3.20. The number of pyridine rings is 1. The number of nitrogens with zero attached hydrogens (tertiary/aromatic N) is 3. The summed E-state index contributed by atoms with van der Waals surface area (Å²) < 4.78 is 41.2. The van der Waals surface area contributed by atoms with E-state index in [1.54, 1.807) is 36.3 Å². The van der Waals surface area contributed by atoms with Crippen molar-refractivity contribution in [2.75, 3.05) is 6.54 Å². The smallest absolute Gasteiger partial charge is 0.346 e. The van der Waals surface area contributed by atoms with Crippen molar-refractivity contribution >= 4 is 5.91 Å². The molecule has 9 heteroatoms. The normalized spacial score (nSPS) is 12.6. The van der Waals surface area contributed by atoms with Crippen molar-refractivity contribution in [3.8, 4) is 11.3 Å². The fourth-order valence-corrected chi connectivity index (χ4v) is 3.03. The van der Waals surface area contributed by atoms with Gasteiger partial charge in [-0.05, 0) is 36.2 Å². The first-order valence-corrected chi connectivity index (χ1v) is 8.90. The SMILES string of the molecule is Cn1nccc1-c1ccc(C(=O)NC(CN)Cc2ccccc2C(F)(F)F)nc1. The summed E-state index contributed by atoms with van der Waals surface area (Å²) in [5, 5.41) is 6.75. The number of amides is 1. The number of hydrogen-bond donors (Lipinski definition) is 2. The van der Waals surface area contributed by atoms with Gasteiger partial charge in [-0.25, -0.2) is 0 Å². The number of carbonyl (C=O) groups is 1. The van der Waals surface area contributed by atoms with E-state index in [4.69, 9.17) is 5.73 Å². The Morgan fingerprint density at radius 2 is 1.97 bits per heavy atom. The molecule has 0 bridgehead atoms. The van der Waals surface area contributed by atoms with Crippen molar-refractivity contribution < 1.29 is 18.0 Å². The van der Waals surface area contributed by atoms with E-state index in [0.29, 0.717) is 0 Å². The third-order valence-corrected chi connectivity index (χ3v) is 4.52. The molecule has 152 valence electrons. The van der Waals surface area contributed by atoms with Crippen LogP contribution < -0.4 is 11.1 Å². The summed E-state index contributed by atoms with van der Waals surface area (Å²) in [6, 6.07) is 9.70. The summed E-state index contributed by atoms with van der Waals surface area (Å²) in [4.78, 5) is 16.6. The topological polar surface area (TPSA) is 85.8 Å².